The fourth-order valence-corrected chi connectivity index (χ4v) is 2.09. The van der Waals surface area contributed by atoms with E-state index < -0.39 is 15.3 Å². The first-order chi connectivity index (χ1) is 10.8. The average Bonchev–Trinajstić information content (AvgIpc) is 2.43. The Morgan fingerprint density at radius 2 is 1.43 bits per heavy atom. The molecule has 0 unspecified atom stereocenters. The average molecular weight is 354 g/mol. The predicted octanol–water partition coefficient (Wildman–Crippen LogP) is -0.111. The van der Waals surface area contributed by atoms with Gasteiger partial charge in [0, 0.05) is 12.6 Å². The van der Waals surface area contributed by atoms with E-state index in [-0.39, 0.29) is 25.1 Å². The first-order valence-corrected chi connectivity index (χ1v) is 9.31. The molecule has 0 aliphatic carbocycles. The summed E-state index contributed by atoms with van der Waals surface area (Å²) in [6, 6.07) is 0.101. The van der Waals surface area contributed by atoms with Crippen molar-refractivity contribution in [2.24, 2.45) is 0 Å². The van der Waals surface area contributed by atoms with Crippen molar-refractivity contribution in [3.05, 3.63) is 0 Å². The molecule has 0 saturated heterocycles. The number of amides is 1. The first-order valence-electron chi connectivity index (χ1n) is 7.76. The first kappa shape index (κ1) is 22.3. The Morgan fingerprint density at radius 3 is 1.96 bits per heavy atom. The van der Waals surface area contributed by atoms with Crippen LogP contribution in [0.3, 0.4) is 0 Å². The van der Waals surface area contributed by atoms with Crippen LogP contribution in [0.2, 0.25) is 0 Å². The van der Waals surface area contributed by atoms with Crippen molar-refractivity contribution in [1.82, 2.24) is 10.0 Å². The summed E-state index contributed by atoms with van der Waals surface area (Å²) in [6.45, 7) is 9.03. The van der Waals surface area contributed by atoms with Crippen LogP contribution in [0.5, 0.6) is 0 Å². The van der Waals surface area contributed by atoms with Gasteiger partial charge in [-0.25, -0.2) is 13.1 Å². The van der Waals surface area contributed by atoms with E-state index in [1.807, 2.05) is 13.8 Å². The van der Waals surface area contributed by atoms with Gasteiger partial charge in [0.15, 0.2) is 0 Å². The summed E-state index contributed by atoms with van der Waals surface area (Å²) in [7, 11) is -3.23. The zero-order chi connectivity index (χ0) is 17.7. The molecule has 0 aliphatic rings. The maximum absolute atomic E-state index is 11.4. The number of carbonyl (C=O) groups is 1. The maximum Gasteiger partial charge on any atom is 0.246 e. The van der Waals surface area contributed by atoms with Crippen molar-refractivity contribution in [2.45, 2.75) is 39.0 Å². The zero-order valence-electron chi connectivity index (χ0n) is 14.5. The molecule has 0 aromatic heterocycles. The van der Waals surface area contributed by atoms with Crippen molar-refractivity contribution in [3.8, 4) is 0 Å². The van der Waals surface area contributed by atoms with E-state index in [4.69, 9.17) is 14.2 Å². The summed E-state index contributed by atoms with van der Waals surface area (Å²) < 4.78 is 41.0. The highest BCUT2D eigenvalue weighted by atomic mass is 32.2. The monoisotopic (exact) mass is 354 g/mol. The number of nitrogens with one attached hydrogen (secondary N) is 2. The summed E-state index contributed by atoms with van der Waals surface area (Å²) in [4.78, 5) is 11.3. The van der Waals surface area contributed by atoms with E-state index in [0.29, 0.717) is 33.0 Å². The lowest BCUT2D eigenvalue weighted by Gasteiger charge is -2.10. The molecule has 1 amide bonds. The van der Waals surface area contributed by atoms with Gasteiger partial charge in [-0.1, -0.05) is 0 Å². The molecular formula is C14H30N2O6S. The maximum atomic E-state index is 11.4. The normalized spacial score (nSPS) is 12.1. The lowest BCUT2D eigenvalue weighted by Crippen LogP contribution is -2.33. The summed E-state index contributed by atoms with van der Waals surface area (Å²) in [5.41, 5.74) is 0. The summed E-state index contributed by atoms with van der Waals surface area (Å²) in [5.74, 6) is -0.146. The van der Waals surface area contributed by atoms with Gasteiger partial charge >= 0.3 is 0 Å². The molecule has 8 nitrogen and oxygen atoms in total. The van der Waals surface area contributed by atoms with Crippen LogP contribution in [-0.4, -0.2) is 71.8 Å². The minimum atomic E-state index is -3.23. The lowest BCUT2D eigenvalue weighted by atomic mass is 10.4. The van der Waals surface area contributed by atoms with Crippen LogP contribution >= 0.6 is 0 Å². The number of ether oxygens (including phenoxy) is 3. The Hall–Kier alpha value is -0.740. The Bertz CT molecular complexity index is 411. The summed E-state index contributed by atoms with van der Waals surface area (Å²) >= 11 is 0. The van der Waals surface area contributed by atoms with Crippen LogP contribution in [0.15, 0.2) is 0 Å². The molecular weight excluding hydrogens is 324 g/mol. The molecule has 0 bridgehead atoms. The third-order valence-corrected chi connectivity index (χ3v) is 4.44. The van der Waals surface area contributed by atoms with Gasteiger partial charge in [0.25, 0.3) is 0 Å². The van der Waals surface area contributed by atoms with E-state index >= 15 is 0 Å². The molecule has 9 heteroatoms. The number of carbonyl (C=O) groups excluding carboxylic acids is 1. The Morgan fingerprint density at radius 1 is 0.913 bits per heavy atom. The van der Waals surface area contributed by atoms with Crippen LogP contribution in [0, 0.1) is 0 Å². The van der Waals surface area contributed by atoms with Gasteiger partial charge in [-0.15, -0.1) is 0 Å². The van der Waals surface area contributed by atoms with Crippen molar-refractivity contribution in [1.29, 1.82) is 0 Å². The van der Waals surface area contributed by atoms with Crippen LogP contribution in [-0.2, 0) is 29.0 Å². The van der Waals surface area contributed by atoms with Gasteiger partial charge in [0.1, 0.15) is 6.61 Å². The van der Waals surface area contributed by atoms with Gasteiger partial charge in [-0.2, -0.15) is 0 Å². The highest BCUT2D eigenvalue weighted by Gasteiger charge is 2.13. The molecule has 138 valence electrons. The zero-order valence-corrected chi connectivity index (χ0v) is 15.3. The van der Waals surface area contributed by atoms with E-state index in [0.717, 1.165) is 0 Å². The summed E-state index contributed by atoms with van der Waals surface area (Å²) in [6.07, 6.45) is 0. The highest BCUT2D eigenvalue weighted by Crippen LogP contribution is 1.94. The Kier molecular flexibility index (Phi) is 12.2. The SMILES string of the molecule is CC(C)NC(=O)COCCOCCOCCNS(=O)(=O)C(C)C. The van der Waals surface area contributed by atoms with Crippen LogP contribution in [0.1, 0.15) is 27.7 Å². The smallest absolute Gasteiger partial charge is 0.246 e. The topological polar surface area (TPSA) is 103 Å². The van der Waals surface area contributed by atoms with Crippen molar-refractivity contribution in [3.63, 3.8) is 0 Å². The van der Waals surface area contributed by atoms with Gasteiger partial charge in [-0.3, -0.25) is 4.79 Å². The molecule has 0 radical (unpaired) electrons. The quantitative estimate of drug-likeness (QED) is 0.422. The van der Waals surface area contributed by atoms with Gasteiger partial charge in [0.05, 0.1) is 38.3 Å². The molecule has 0 heterocycles. The van der Waals surface area contributed by atoms with Crippen LogP contribution in [0.4, 0.5) is 0 Å². The van der Waals surface area contributed by atoms with Gasteiger partial charge in [0.2, 0.25) is 15.9 Å². The molecule has 0 saturated carbocycles. The summed E-state index contributed by atoms with van der Waals surface area (Å²) in [5, 5.41) is 2.27. The number of hydrogen-bond donors (Lipinski definition) is 2. The number of sulfonamides is 1. The Balaban J connectivity index is 3.33. The predicted molar refractivity (Wildman–Crippen MR) is 87.8 cm³/mol. The molecule has 0 atom stereocenters. The second-order valence-corrected chi connectivity index (χ2v) is 7.81. The van der Waals surface area contributed by atoms with Gasteiger partial charge < -0.3 is 19.5 Å². The van der Waals surface area contributed by atoms with Crippen molar-refractivity contribution >= 4 is 15.9 Å². The molecule has 0 fully saturated rings. The van der Waals surface area contributed by atoms with E-state index in [1.54, 1.807) is 13.8 Å². The van der Waals surface area contributed by atoms with Gasteiger partial charge in [-0.05, 0) is 27.7 Å². The third kappa shape index (κ3) is 13.4. The fraction of sp³-hybridized carbons (Fsp3) is 0.929. The number of rotatable bonds is 14. The molecule has 23 heavy (non-hydrogen) atoms. The number of hydrogen-bond acceptors (Lipinski definition) is 6. The van der Waals surface area contributed by atoms with Crippen molar-refractivity contribution < 1.29 is 27.4 Å². The lowest BCUT2D eigenvalue weighted by molar-refractivity contribution is -0.126. The third-order valence-electron chi connectivity index (χ3n) is 2.60. The van der Waals surface area contributed by atoms with E-state index in [2.05, 4.69) is 10.0 Å². The minimum absolute atomic E-state index is 0.0219. The highest BCUT2D eigenvalue weighted by molar-refractivity contribution is 7.90. The molecule has 2 N–H and O–H groups in total. The van der Waals surface area contributed by atoms with Crippen molar-refractivity contribution in [2.75, 3.05) is 46.2 Å². The minimum Gasteiger partial charge on any atom is -0.378 e. The molecule has 0 rings (SSSR count). The molecule has 0 aliphatic heterocycles. The van der Waals surface area contributed by atoms with E-state index in [9.17, 15) is 13.2 Å². The molecule has 0 aromatic rings. The van der Waals surface area contributed by atoms with Crippen LogP contribution < -0.4 is 10.0 Å². The second kappa shape index (κ2) is 12.7. The van der Waals surface area contributed by atoms with Crippen LogP contribution in [0.25, 0.3) is 0 Å². The Labute approximate surface area is 139 Å². The largest absolute Gasteiger partial charge is 0.378 e. The van der Waals surface area contributed by atoms with E-state index in [1.165, 1.54) is 0 Å². The standard InChI is InChI=1S/C14H30N2O6S/c1-12(2)16-14(17)11-22-10-9-21-8-7-20-6-5-15-23(18,19)13(3)4/h12-13,15H,5-11H2,1-4H3,(H,16,17). The molecule has 0 spiro atoms. The second-order valence-electron chi connectivity index (χ2n) is 5.49. The fourth-order valence-electron chi connectivity index (χ4n) is 1.39. The molecule has 0 aromatic carbocycles.